The molecule has 2 aliphatic carbocycles. The molecule has 0 heterocycles. The second-order valence-corrected chi connectivity index (χ2v) is 3.85. The summed E-state index contributed by atoms with van der Waals surface area (Å²) in [6.07, 6.45) is 4.32. The molecule has 1 aromatic carbocycles. The molecule has 0 amide bonds. The van der Waals surface area contributed by atoms with Crippen LogP contribution in [0, 0.1) is 0 Å². The molecule has 0 N–H and O–H groups in total. The lowest BCUT2D eigenvalue weighted by molar-refractivity contribution is 0.104. The number of ketones is 1. The van der Waals surface area contributed by atoms with Crippen LogP contribution in [-0.2, 0) is 4.79 Å². The molecule has 2 nitrogen and oxygen atoms in total. The molecule has 2 aliphatic rings. The number of hydrogen-bond acceptors (Lipinski definition) is 2. The van der Waals surface area contributed by atoms with E-state index in [0.29, 0.717) is 23.1 Å². The summed E-state index contributed by atoms with van der Waals surface area (Å²) in [5.74, 6) is 1.83. The van der Waals surface area contributed by atoms with Gasteiger partial charge in [-0.1, -0.05) is 36.4 Å². The molecule has 0 unspecified atom stereocenters. The van der Waals surface area contributed by atoms with E-state index in [1.807, 2.05) is 36.3 Å². The molecule has 0 fully saturated rings. The summed E-state index contributed by atoms with van der Waals surface area (Å²) < 4.78 is 0. The first kappa shape index (κ1) is 9.08. The standard InChI is InChI=1S/C14H8O2/c15-8-9-4-3-7-11-10-5-1-2-6-12(10)14(16)13(9)11/h1-3,5-7H,4H2. The van der Waals surface area contributed by atoms with Gasteiger partial charge >= 0.3 is 0 Å². The third-order valence-corrected chi connectivity index (χ3v) is 2.99. The number of rotatable bonds is 0. The second-order valence-electron chi connectivity index (χ2n) is 3.85. The quantitative estimate of drug-likeness (QED) is 0.613. The van der Waals surface area contributed by atoms with Crippen molar-refractivity contribution in [2.45, 2.75) is 6.42 Å². The Hall–Kier alpha value is -2.18. The Morgan fingerprint density at radius 1 is 1.12 bits per heavy atom. The minimum atomic E-state index is -0.0479. The van der Waals surface area contributed by atoms with Crippen molar-refractivity contribution in [1.82, 2.24) is 0 Å². The summed E-state index contributed by atoms with van der Waals surface area (Å²) in [7, 11) is 0. The minimum Gasteiger partial charge on any atom is -0.289 e. The molecule has 3 rings (SSSR count). The number of allylic oxidation sites excluding steroid dienone is 5. The highest BCUT2D eigenvalue weighted by Gasteiger charge is 2.31. The summed E-state index contributed by atoms with van der Waals surface area (Å²) in [6, 6.07) is 7.44. The highest BCUT2D eigenvalue weighted by atomic mass is 16.1. The molecule has 0 aromatic heterocycles. The Kier molecular flexibility index (Phi) is 1.79. The van der Waals surface area contributed by atoms with Crippen molar-refractivity contribution in [2.75, 3.05) is 0 Å². The highest BCUT2D eigenvalue weighted by Crippen LogP contribution is 2.39. The van der Waals surface area contributed by atoms with Gasteiger partial charge in [-0.15, -0.1) is 0 Å². The lowest BCUT2D eigenvalue weighted by atomic mass is 9.93. The van der Waals surface area contributed by atoms with E-state index in [-0.39, 0.29) is 5.78 Å². The Labute approximate surface area is 92.6 Å². The fourth-order valence-corrected chi connectivity index (χ4v) is 2.27. The first-order chi connectivity index (χ1) is 7.83. The molecule has 2 heteroatoms. The SMILES string of the molecule is O=C=C1CC=CC2=C1C(=O)c1ccccc12. The number of Topliss-reactive ketones (excluding diaryl/α,β-unsaturated/α-hetero) is 1. The van der Waals surface area contributed by atoms with Crippen LogP contribution in [0.1, 0.15) is 22.3 Å². The molecule has 0 radical (unpaired) electrons. The first-order valence-electron chi connectivity index (χ1n) is 5.12. The first-order valence-corrected chi connectivity index (χ1v) is 5.12. The fraction of sp³-hybridized carbons (Fsp3) is 0.0714. The molecule has 0 bridgehead atoms. The Morgan fingerprint density at radius 3 is 2.62 bits per heavy atom. The molecule has 0 spiro atoms. The van der Waals surface area contributed by atoms with Crippen LogP contribution in [0.25, 0.3) is 5.57 Å². The molecule has 0 saturated carbocycles. The number of carbonyl (C=O) groups excluding carboxylic acids is 2. The van der Waals surface area contributed by atoms with Crippen LogP contribution in [0.15, 0.2) is 47.6 Å². The molecule has 16 heavy (non-hydrogen) atoms. The van der Waals surface area contributed by atoms with Gasteiger partial charge in [0, 0.05) is 17.6 Å². The van der Waals surface area contributed by atoms with Crippen molar-refractivity contribution >= 4 is 17.3 Å². The monoisotopic (exact) mass is 208 g/mol. The van der Waals surface area contributed by atoms with E-state index in [2.05, 4.69) is 0 Å². The van der Waals surface area contributed by atoms with Crippen molar-refractivity contribution < 1.29 is 9.59 Å². The Morgan fingerprint density at radius 2 is 1.88 bits per heavy atom. The van der Waals surface area contributed by atoms with Crippen LogP contribution >= 0.6 is 0 Å². The van der Waals surface area contributed by atoms with Crippen LogP contribution in [0.5, 0.6) is 0 Å². The fourth-order valence-electron chi connectivity index (χ4n) is 2.27. The van der Waals surface area contributed by atoms with E-state index in [0.717, 1.165) is 11.1 Å². The maximum absolute atomic E-state index is 12.1. The van der Waals surface area contributed by atoms with Crippen LogP contribution < -0.4 is 0 Å². The summed E-state index contributed by atoms with van der Waals surface area (Å²) >= 11 is 0. The van der Waals surface area contributed by atoms with Crippen molar-refractivity contribution in [1.29, 1.82) is 0 Å². The molecule has 0 atom stereocenters. The average molecular weight is 208 g/mol. The number of fused-ring (bicyclic) bond motifs is 2. The van der Waals surface area contributed by atoms with Crippen LogP contribution in [0.4, 0.5) is 0 Å². The van der Waals surface area contributed by atoms with Gasteiger partial charge in [0.1, 0.15) is 5.94 Å². The van der Waals surface area contributed by atoms with Crippen molar-refractivity contribution in [2.24, 2.45) is 0 Å². The zero-order valence-corrected chi connectivity index (χ0v) is 8.49. The van der Waals surface area contributed by atoms with E-state index >= 15 is 0 Å². The lowest BCUT2D eigenvalue weighted by Crippen LogP contribution is -2.03. The largest absolute Gasteiger partial charge is 0.289 e. The van der Waals surface area contributed by atoms with Crippen molar-refractivity contribution in [3.05, 3.63) is 58.7 Å². The third kappa shape index (κ3) is 1.02. The smallest absolute Gasteiger partial charge is 0.195 e. The molecule has 1 aromatic rings. The summed E-state index contributed by atoms with van der Waals surface area (Å²) in [6.45, 7) is 0. The van der Waals surface area contributed by atoms with Gasteiger partial charge in [-0.2, -0.15) is 0 Å². The molecular formula is C14H8O2. The number of hydrogen-bond donors (Lipinski definition) is 0. The summed E-state index contributed by atoms with van der Waals surface area (Å²) in [4.78, 5) is 22.9. The molecule has 76 valence electrons. The molecular weight excluding hydrogens is 200 g/mol. The molecule has 0 saturated heterocycles. The van der Waals surface area contributed by atoms with E-state index in [4.69, 9.17) is 0 Å². The Bertz CT molecular complexity index is 611. The zero-order valence-electron chi connectivity index (χ0n) is 8.49. The predicted molar refractivity (Wildman–Crippen MR) is 60.7 cm³/mol. The van der Waals surface area contributed by atoms with Gasteiger partial charge in [0.2, 0.25) is 0 Å². The van der Waals surface area contributed by atoms with Crippen LogP contribution in [-0.4, -0.2) is 11.7 Å². The average Bonchev–Trinajstić information content (AvgIpc) is 2.64. The third-order valence-electron chi connectivity index (χ3n) is 2.99. The topological polar surface area (TPSA) is 34.1 Å². The maximum Gasteiger partial charge on any atom is 0.195 e. The second kappa shape index (κ2) is 3.16. The Balaban J connectivity index is 2.34. The highest BCUT2D eigenvalue weighted by molar-refractivity contribution is 6.25. The van der Waals surface area contributed by atoms with Gasteiger partial charge in [0.15, 0.2) is 5.78 Å². The van der Waals surface area contributed by atoms with Crippen molar-refractivity contribution in [3.63, 3.8) is 0 Å². The van der Waals surface area contributed by atoms with E-state index in [1.54, 1.807) is 6.07 Å². The van der Waals surface area contributed by atoms with Crippen molar-refractivity contribution in [3.8, 4) is 0 Å². The van der Waals surface area contributed by atoms with Gasteiger partial charge in [0.05, 0.1) is 5.57 Å². The van der Waals surface area contributed by atoms with Crippen LogP contribution in [0.2, 0.25) is 0 Å². The zero-order chi connectivity index (χ0) is 11.1. The molecule has 0 aliphatic heterocycles. The predicted octanol–water partition coefficient (Wildman–Crippen LogP) is 2.35. The van der Waals surface area contributed by atoms with Gasteiger partial charge in [-0.25, -0.2) is 4.79 Å². The van der Waals surface area contributed by atoms with Crippen LogP contribution in [0.3, 0.4) is 0 Å². The van der Waals surface area contributed by atoms with E-state index in [9.17, 15) is 9.59 Å². The minimum absolute atomic E-state index is 0.0479. The van der Waals surface area contributed by atoms with E-state index < -0.39 is 0 Å². The van der Waals surface area contributed by atoms with Gasteiger partial charge in [-0.05, 0) is 11.1 Å². The maximum atomic E-state index is 12.1. The van der Waals surface area contributed by atoms with Gasteiger partial charge in [-0.3, -0.25) is 4.79 Å². The normalized spacial score (nSPS) is 17.2. The lowest BCUT2D eigenvalue weighted by Gasteiger charge is -2.07. The summed E-state index contributed by atoms with van der Waals surface area (Å²) in [5, 5.41) is 0. The summed E-state index contributed by atoms with van der Waals surface area (Å²) in [5.41, 5.74) is 3.49. The van der Waals surface area contributed by atoms with E-state index in [1.165, 1.54) is 0 Å². The van der Waals surface area contributed by atoms with Gasteiger partial charge < -0.3 is 0 Å². The number of carbonyl (C=O) groups is 1. The number of benzene rings is 1. The van der Waals surface area contributed by atoms with Gasteiger partial charge in [0.25, 0.3) is 0 Å².